The number of anilines is 1. The fourth-order valence-electron chi connectivity index (χ4n) is 3.65. The fourth-order valence-corrected chi connectivity index (χ4v) is 4.74. The molecule has 28 heavy (non-hydrogen) atoms. The van der Waals surface area contributed by atoms with E-state index < -0.39 is 10.0 Å². The number of hydrogen-bond donors (Lipinski definition) is 1. The molecule has 3 rings (SSSR count). The van der Waals surface area contributed by atoms with Crippen molar-refractivity contribution in [1.82, 2.24) is 5.32 Å². The van der Waals surface area contributed by atoms with Crippen LogP contribution < -0.4 is 9.62 Å². The number of fused-ring (bicyclic) bond motifs is 1. The van der Waals surface area contributed by atoms with Crippen LogP contribution in [-0.4, -0.2) is 27.1 Å². The van der Waals surface area contributed by atoms with Crippen molar-refractivity contribution >= 4 is 33.2 Å². The Morgan fingerprint density at radius 1 is 1.18 bits per heavy atom. The molecule has 2 aromatic carbocycles. The predicted octanol–water partition coefficient (Wildman–Crippen LogP) is 4.08. The minimum atomic E-state index is -3.44. The largest absolute Gasteiger partial charge is 0.349 e. The van der Waals surface area contributed by atoms with E-state index >= 15 is 0 Å². The summed E-state index contributed by atoms with van der Waals surface area (Å²) in [5, 5.41) is 3.66. The zero-order chi connectivity index (χ0) is 20.1. The number of benzene rings is 2. The van der Waals surface area contributed by atoms with Crippen LogP contribution in [0.25, 0.3) is 0 Å². The second kappa shape index (κ2) is 8.97. The molecule has 0 unspecified atom stereocenters. The van der Waals surface area contributed by atoms with Crippen LogP contribution in [0, 0.1) is 0 Å². The number of nitrogens with zero attached hydrogens (tertiary/aromatic N) is 1. The summed E-state index contributed by atoms with van der Waals surface area (Å²) in [6.45, 7) is 0.245. The van der Waals surface area contributed by atoms with Gasteiger partial charge in [0.15, 0.2) is 0 Å². The Morgan fingerprint density at radius 3 is 2.61 bits per heavy atom. The first-order chi connectivity index (χ1) is 13.3. The van der Waals surface area contributed by atoms with Crippen LogP contribution in [0.2, 0.25) is 5.02 Å². The maximum atomic E-state index is 12.4. The summed E-state index contributed by atoms with van der Waals surface area (Å²) in [5.74, 6) is -0.0498. The quantitative estimate of drug-likeness (QED) is 0.733. The van der Waals surface area contributed by atoms with E-state index in [-0.39, 0.29) is 24.9 Å². The summed E-state index contributed by atoms with van der Waals surface area (Å²) in [4.78, 5) is 12.4. The molecule has 0 saturated carbocycles. The zero-order valence-electron chi connectivity index (χ0n) is 15.9. The van der Waals surface area contributed by atoms with Gasteiger partial charge in [0.05, 0.1) is 18.0 Å². The van der Waals surface area contributed by atoms with Gasteiger partial charge in [-0.05, 0) is 61.1 Å². The third-order valence-electron chi connectivity index (χ3n) is 4.98. The van der Waals surface area contributed by atoms with Gasteiger partial charge in [0.2, 0.25) is 15.9 Å². The third-order valence-corrected chi connectivity index (χ3v) is 6.43. The van der Waals surface area contributed by atoms with Gasteiger partial charge in [0, 0.05) is 18.0 Å². The molecule has 1 atom stereocenters. The van der Waals surface area contributed by atoms with Crippen molar-refractivity contribution in [3.8, 4) is 0 Å². The maximum absolute atomic E-state index is 12.4. The van der Waals surface area contributed by atoms with Crippen LogP contribution in [0.1, 0.15) is 42.9 Å². The molecular formula is C21H25ClN2O3S. The smallest absolute Gasteiger partial charge is 0.232 e. The van der Waals surface area contributed by atoms with Crippen LogP contribution >= 0.6 is 11.6 Å². The number of halogens is 1. The van der Waals surface area contributed by atoms with Crippen LogP contribution in [0.3, 0.4) is 0 Å². The SMILES string of the molecule is CS(=O)(=O)N(CCCC(=O)N[C@H]1CCCc2ccccc21)c1ccc(Cl)cc1. The summed E-state index contributed by atoms with van der Waals surface area (Å²) >= 11 is 5.88. The third kappa shape index (κ3) is 5.26. The molecule has 1 aliphatic rings. The van der Waals surface area contributed by atoms with Gasteiger partial charge < -0.3 is 5.32 Å². The molecule has 1 aliphatic carbocycles. The van der Waals surface area contributed by atoms with Crippen molar-refractivity contribution in [3.05, 3.63) is 64.7 Å². The zero-order valence-corrected chi connectivity index (χ0v) is 17.5. The first-order valence-corrected chi connectivity index (χ1v) is 11.7. The Kier molecular flexibility index (Phi) is 6.62. The van der Waals surface area contributed by atoms with E-state index in [4.69, 9.17) is 11.6 Å². The molecule has 0 aliphatic heterocycles. The van der Waals surface area contributed by atoms with Gasteiger partial charge in [0.1, 0.15) is 0 Å². The van der Waals surface area contributed by atoms with Crippen molar-refractivity contribution in [2.75, 3.05) is 17.1 Å². The van der Waals surface area contributed by atoms with Gasteiger partial charge >= 0.3 is 0 Å². The molecular weight excluding hydrogens is 396 g/mol. The van der Waals surface area contributed by atoms with E-state index in [9.17, 15) is 13.2 Å². The lowest BCUT2D eigenvalue weighted by Crippen LogP contribution is -2.33. The molecule has 150 valence electrons. The monoisotopic (exact) mass is 420 g/mol. The summed E-state index contributed by atoms with van der Waals surface area (Å²) in [6, 6.07) is 14.9. The van der Waals surface area contributed by atoms with Crippen molar-refractivity contribution in [2.45, 2.75) is 38.1 Å². The summed E-state index contributed by atoms with van der Waals surface area (Å²) in [6.07, 6.45) is 4.92. The van der Waals surface area contributed by atoms with Crippen LogP contribution in [0.5, 0.6) is 0 Å². The van der Waals surface area contributed by atoms with Gasteiger partial charge in [0.25, 0.3) is 0 Å². The minimum Gasteiger partial charge on any atom is -0.349 e. The topological polar surface area (TPSA) is 66.5 Å². The van der Waals surface area contributed by atoms with Crippen molar-refractivity contribution in [2.24, 2.45) is 0 Å². The highest BCUT2D eigenvalue weighted by atomic mass is 35.5. The molecule has 0 saturated heterocycles. The van der Waals surface area contributed by atoms with E-state index in [0.29, 0.717) is 17.1 Å². The summed E-state index contributed by atoms with van der Waals surface area (Å²) in [5.41, 5.74) is 3.04. The Labute approximate surface area is 171 Å². The maximum Gasteiger partial charge on any atom is 0.232 e. The van der Waals surface area contributed by atoms with E-state index in [0.717, 1.165) is 19.3 Å². The lowest BCUT2D eigenvalue weighted by molar-refractivity contribution is -0.122. The average Bonchev–Trinajstić information content (AvgIpc) is 2.66. The van der Waals surface area contributed by atoms with E-state index in [1.165, 1.54) is 21.7 Å². The standard InChI is InChI=1S/C21H25ClN2O3S/c1-28(26,27)24(18-13-11-17(22)12-14-18)15-5-10-21(25)23-20-9-4-7-16-6-2-3-8-19(16)20/h2-3,6,8,11-14,20H,4-5,7,9-10,15H2,1H3,(H,23,25)/t20-/m0/s1. The molecule has 1 N–H and O–H groups in total. The first kappa shape index (κ1) is 20.7. The molecule has 5 nitrogen and oxygen atoms in total. The molecule has 0 fully saturated rings. The Bertz CT molecular complexity index is 929. The van der Waals surface area contributed by atoms with E-state index in [1.54, 1.807) is 24.3 Å². The molecule has 0 aromatic heterocycles. The van der Waals surface area contributed by atoms with Gasteiger partial charge in [-0.3, -0.25) is 9.10 Å². The normalized spacial score (nSPS) is 16.3. The van der Waals surface area contributed by atoms with Crippen LogP contribution in [0.15, 0.2) is 48.5 Å². The molecule has 7 heteroatoms. The number of sulfonamides is 1. The number of rotatable bonds is 7. The first-order valence-electron chi connectivity index (χ1n) is 9.45. The molecule has 0 spiro atoms. The molecule has 1 amide bonds. The predicted molar refractivity (Wildman–Crippen MR) is 113 cm³/mol. The van der Waals surface area contributed by atoms with Crippen LogP contribution in [-0.2, 0) is 21.2 Å². The number of aryl methyl sites for hydroxylation is 1. The number of carbonyl (C=O) groups is 1. The lowest BCUT2D eigenvalue weighted by atomic mass is 9.87. The van der Waals surface area contributed by atoms with Gasteiger partial charge in [-0.15, -0.1) is 0 Å². The number of hydrogen-bond acceptors (Lipinski definition) is 3. The Hall–Kier alpha value is -2.05. The van der Waals surface area contributed by atoms with Gasteiger partial charge in [-0.1, -0.05) is 35.9 Å². The Balaban J connectivity index is 1.57. The van der Waals surface area contributed by atoms with Crippen molar-refractivity contribution in [3.63, 3.8) is 0 Å². The number of nitrogens with one attached hydrogen (secondary N) is 1. The molecule has 0 heterocycles. The van der Waals surface area contributed by atoms with Crippen molar-refractivity contribution < 1.29 is 13.2 Å². The lowest BCUT2D eigenvalue weighted by Gasteiger charge is -2.26. The summed E-state index contributed by atoms with van der Waals surface area (Å²) < 4.78 is 25.6. The van der Waals surface area contributed by atoms with Gasteiger partial charge in [-0.2, -0.15) is 0 Å². The highest BCUT2D eigenvalue weighted by molar-refractivity contribution is 7.92. The second-order valence-electron chi connectivity index (χ2n) is 7.13. The highest BCUT2D eigenvalue weighted by Gasteiger charge is 2.22. The Morgan fingerprint density at radius 2 is 1.89 bits per heavy atom. The highest BCUT2D eigenvalue weighted by Crippen LogP contribution is 2.29. The van der Waals surface area contributed by atoms with Gasteiger partial charge in [-0.25, -0.2) is 8.42 Å². The molecule has 0 bridgehead atoms. The van der Waals surface area contributed by atoms with E-state index in [1.807, 2.05) is 12.1 Å². The molecule has 2 aromatic rings. The van der Waals surface area contributed by atoms with Crippen molar-refractivity contribution in [1.29, 1.82) is 0 Å². The second-order valence-corrected chi connectivity index (χ2v) is 9.47. The fraction of sp³-hybridized carbons (Fsp3) is 0.381. The molecule has 0 radical (unpaired) electrons. The average molecular weight is 421 g/mol. The minimum absolute atomic E-state index is 0.0414. The number of amides is 1. The number of carbonyl (C=O) groups excluding carboxylic acids is 1. The van der Waals surface area contributed by atoms with Crippen LogP contribution in [0.4, 0.5) is 5.69 Å². The van der Waals surface area contributed by atoms with E-state index in [2.05, 4.69) is 17.4 Å². The summed E-state index contributed by atoms with van der Waals surface area (Å²) in [7, 11) is -3.44.